The van der Waals surface area contributed by atoms with Gasteiger partial charge in [-0.1, -0.05) is 47.7 Å². The van der Waals surface area contributed by atoms with Crippen molar-refractivity contribution in [1.82, 2.24) is 19.7 Å². The van der Waals surface area contributed by atoms with Crippen LogP contribution in [0.3, 0.4) is 0 Å². The van der Waals surface area contributed by atoms with E-state index in [0.717, 1.165) is 5.56 Å². The number of hydrogen-bond acceptors (Lipinski definition) is 4. The van der Waals surface area contributed by atoms with Crippen molar-refractivity contribution >= 4 is 26.0 Å². The highest BCUT2D eigenvalue weighted by Gasteiger charge is 2.17. The molecule has 0 radical (unpaired) electrons. The smallest absolute Gasteiger partial charge is 0.242 e. The molecular weight excluding hydrogens is 392 g/mol. The average molecular weight is 407 g/mol. The van der Waals surface area contributed by atoms with Gasteiger partial charge in [0.15, 0.2) is 0 Å². The van der Waals surface area contributed by atoms with E-state index in [9.17, 15) is 8.42 Å². The van der Waals surface area contributed by atoms with E-state index < -0.39 is 10.0 Å². The molecule has 0 aliphatic heterocycles. The molecule has 3 rings (SSSR count). The Morgan fingerprint density at radius 1 is 1.04 bits per heavy atom. The number of sulfonamides is 1. The summed E-state index contributed by atoms with van der Waals surface area (Å²) in [5.74, 6) is 0. The van der Waals surface area contributed by atoms with Gasteiger partial charge >= 0.3 is 0 Å². The summed E-state index contributed by atoms with van der Waals surface area (Å²) in [6.07, 6.45) is 1.73. The van der Waals surface area contributed by atoms with Gasteiger partial charge in [-0.05, 0) is 33.6 Å². The molecule has 24 heavy (non-hydrogen) atoms. The summed E-state index contributed by atoms with van der Waals surface area (Å²) in [5, 5.41) is 8.03. The van der Waals surface area contributed by atoms with Crippen LogP contribution in [0.25, 0.3) is 0 Å². The van der Waals surface area contributed by atoms with Crippen molar-refractivity contribution in [3.63, 3.8) is 0 Å². The van der Waals surface area contributed by atoms with Crippen molar-refractivity contribution in [2.45, 2.75) is 18.0 Å². The van der Waals surface area contributed by atoms with Gasteiger partial charge in [0.05, 0.1) is 29.9 Å². The highest BCUT2D eigenvalue weighted by Crippen LogP contribution is 2.20. The van der Waals surface area contributed by atoms with E-state index in [1.54, 1.807) is 35.1 Å². The lowest BCUT2D eigenvalue weighted by atomic mass is 10.2. The van der Waals surface area contributed by atoms with Crippen molar-refractivity contribution in [3.8, 4) is 0 Å². The molecule has 0 saturated heterocycles. The second kappa shape index (κ2) is 7.25. The first-order valence-electron chi connectivity index (χ1n) is 7.22. The summed E-state index contributed by atoms with van der Waals surface area (Å²) in [5.41, 5.74) is 1.66. The van der Waals surface area contributed by atoms with Crippen LogP contribution in [0, 0.1) is 0 Å². The molecule has 1 aromatic heterocycles. The molecule has 0 bridgehead atoms. The van der Waals surface area contributed by atoms with E-state index in [4.69, 9.17) is 0 Å². The molecular formula is C16H15BrN4O2S. The minimum Gasteiger partial charge on any atom is -0.248 e. The highest BCUT2D eigenvalue weighted by molar-refractivity contribution is 9.10. The van der Waals surface area contributed by atoms with E-state index in [1.165, 1.54) is 0 Å². The zero-order chi connectivity index (χ0) is 17.0. The summed E-state index contributed by atoms with van der Waals surface area (Å²) in [6, 6.07) is 16.5. The molecule has 0 amide bonds. The Labute approximate surface area is 148 Å². The molecule has 8 heteroatoms. The van der Waals surface area contributed by atoms with Gasteiger partial charge in [0.25, 0.3) is 0 Å². The lowest BCUT2D eigenvalue weighted by Crippen LogP contribution is -2.23. The third kappa shape index (κ3) is 4.08. The predicted octanol–water partition coefficient (Wildman–Crippen LogP) is 2.57. The third-order valence-corrected chi connectivity index (χ3v) is 5.76. The molecule has 0 saturated carbocycles. The molecule has 1 N–H and O–H groups in total. The Balaban J connectivity index is 1.66. The van der Waals surface area contributed by atoms with Gasteiger partial charge in [0.1, 0.15) is 0 Å². The molecule has 6 nitrogen and oxygen atoms in total. The molecule has 2 aromatic carbocycles. The number of benzene rings is 2. The number of halogens is 1. The molecule has 3 aromatic rings. The Bertz CT molecular complexity index is 926. The molecule has 1 heterocycles. The highest BCUT2D eigenvalue weighted by atomic mass is 79.9. The maximum absolute atomic E-state index is 12.3. The van der Waals surface area contributed by atoms with Crippen LogP contribution >= 0.6 is 15.9 Å². The van der Waals surface area contributed by atoms with Crippen LogP contribution in [0.1, 0.15) is 11.3 Å². The predicted molar refractivity (Wildman–Crippen MR) is 93.7 cm³/mol. The van der Waals surface area contributed by atoms with Gasteiger partial charge in [-0.15, -0.1) is 5.10 Å². The fourth-order valence-electron chi connectivity index (χ4n) is 2.18. The van der Waals surface area contributed by atoms with E-state index in [0.29, 0.717) is 16.7 Å². The summed E-state index contributed by atoms with van der Waals surface area (Å²) in [6.45, 7) is 0.670. The van der Waals surface area contributed by atoms with Gasteiger partial charge in [0, 0.05) is 4.47 Å². The van der Waals surface area contributed by atoms with Crippen LogP contribution < -0.4 is 4.72 Å². The molecule has 0 aliphatic rings. The Hall–Kier alpha value is -2.03. The van der Waals surface area contributed by atoms with Gasteiger partial charge < -0.3 is 0 Å². The Morgan fingerprint density at radius 3 is 2.50 bits per heavy atom. The Kier molecular flexibility index (Phi) is 5.08. The van der Waals surface area contributed by atoms with Crippen LogP contribution in [-0.4, -0.2) is 23.4 Å². The first-order valence-corrected chi connectivity index (χ1v) is 9.49. The fraction of sp³-hybridized carbons (Fsp3) is 0.125. The summed E-state index contributed by atoms with van der Waals surface area (Å²) < 4.78 is 29.4. The maximum Gasteiger partial charge on any atom is 0.242 e. The van der Waals surface area contributed by atoms with Gasteiger partial charge in [0.2, 0.25) is 10.0 Å². The number of nitrogens with one attached hydrogen (secondary N) is 1. The normalized spacial score (nSPS) is 11.5. The third-order valence-electron chi connectivity index (χ3n) is 3.34. The summed E-state index contributed by atoms with van der Waals surface area (Å²) >= 11 is 3.25. The standard InChI is InChI=1S/C16H15BrN4O2S/c17-15-8-4-5-9-16(15)24(22,23)18-10-14-12-21(20-19-14)11-13-6-2-1-3-7-13/h1-9,12,18H,10-11H2. The van der Waals surface area contributed by atoms with Crippen LogP contribution in [0.2, 0.25) is 0 Å². The fourth-order valence-corrected chi connectivity index (χ4v) is 4.18. The van der Waals surface area contributed by atoms with Crippen molar-refractivity contribution in [2.75, 3.05) is 0 Å². The minimum absolute atomic E-state index is 0.0818. The van der Waals surface area contributed by atoms with Gasteiger partial charge in [-0.2, -0.15) is 0 Å². The first-order chi connectivity index (χ1) is 11.5. The molecule has 0 aliphatic carbocycles. The second-order valence-electron chi connectivity index (χ2n) is 5.15. The summed E-state index contributed by atoms with van der Waals surface area (Å²) in [4.78, 5) is 0.196. The first kappa shape index (κ1) is 16.8. The quantitative estimate of drug-likeness (QED) is 0.682. The van der Waals surface area contributed by atoms with Crippen LogP contribution in [0.5, 0.6) is 0 Å². The number of nitrogens with zero attached hydrogens (tertiary/aromatic N) is 3. The van der Waals surface area contributed by atoms with Crippen molar-refractivity contribution in [2.24, 2.45) is 0 Å². The molecule has 0 atom stereocenters. The van der Waals surface area contributed by atoms with Crippen molar-refractivity contribution in [3.05, 3.63) is 76.5 Å². The van der Waals surface area contributed by atoms with Crippen LogP contribution in [0.15, 0.2) is 70.2 Å². The van der Waals surface area contributed by atoms with Gasteiger partial charge in [-0.3, -0.25) is 0 Å². The SMILES string of the molecule is O=S(=O)(NCc1cn(Cc2ccccc2)nn1)c1ccccc1Br. The lowest BCUT2D eigenvalue weighted by molar-refractivity contribution is 0.580. The molecule has 0 fully saturated rings. The number of aromatic nitrogens is 3. The molecule has 0 unspecified atom stereocenters. The molecule has 0 spiro atoms. The minimum atomic E-state index is -3.61. The Morgan fingerprint density at radius 2 is 1.75 bits per heavy atom. The number of hydrogen-bond donors (Lipinski definition) is 1. The van der Waals surface area contributed by atoms with E-state index >= 15 is 0 Å². The largest absolute Gasteiger partial charge is 0.248 e. The molecule has 124 valence electrons. The summed E-state index contributed by atoms with van der Waals surface area (Å²) in [7, 11) is -3.61. The van der Waals surface area contributed by atoms with E-state index in [2.05, 4.69) is 31.0 Å². The number of rotatable bonds is 6. The lowest BCUT2D eigenvalue weighted by Gasteiger charge is -2.06. The second-order valence-corrected chi connectivity index (χ2v) is 7.74. The van der Waals surface area contributed by atoms with Crippen LogP contribution in [0.4, 0.5) is 0 Å². The topological polar surface area (TPSA) is 76.9 Å². The van der Waals surface area contributed by atoms with Gasteiger partial charge in [-0.25, -0.2) is 17.8 Å². The van der Waals surface area contributed by atoms with Crippen molar-refractivity contribution < 1.29 is 8.42 Å². The zero-order valence-corrected chi connectivity index (χ0v) is 15.0. The zero-order valence-electron chi connectivity index (χ0n) is 12.6. The average Bonchev–Trinajstić information content (AvgIpc) is 3.02. The van der Waals surface area contributed by atoms with Crippen molar-refractivity contribution in [1.29, 1.82) is 0 Å². The monoisotopic (exact) mass is 406 g/mol. The van der Waals surface area contributed by atoms with E-state index in [1.807, 2.05) is 30.3 Å². The van der Waals surface area contributed by atoms with E-state index in [-0.39, 0.29) is 11.4 Å². The maximum atomic E-state index is 12.3. The van der Waals surface area contributed by atoms with Crippen LogP contribution in [-0.2, 0) is 23.1 Å².